The fraction of sp³-hybridized carbons (Fsp3) is 0.429. The van der Waals surface area contributed by atoms with Crippen molar-refractivity contribution in [2.75, 3.05) is 26.0 Å². The molecule has 108 valence electrons. The number of benzene rings is 1. The summed E-state index contributed by atoms with van der Waals surface area (Å²) in [4.78, 5) is 14.4. The fourth-order valence-electron chi connectivity index (χ4n) is 2.32. The van der Waals surface area contributed by atoms with Crippen molar-refractivity contribution >= 4 is 22.5 Å². The van der Waals surface area contributed by atoms with Crippen LogP contribution in [0.3, 0.4) is 0 Å². The van der Waals surface area contributed by atoms with Crippen molar-refractivity contribution in [1.29, 1.82) is 0 Å². The molecule has 0 radical (unpaired) electrons. The lowest BCUT2D eigenvalue weighted by molar-refractivity contribution is 0.0575. The molecule has 0 bridgehead atoms. The van der Waals surface area contributed by atoms with Crippen molar-refractivity contribution in [3.05, 3.63) is 23.9 Å². The summed E-state index contributed by atoms with van der Waals surface area (Å²) in [6.45, 7) is 4.98. The van der Waals surface area contributed by atoms with Crippen LogP contribution in [0.1, 0.15) is 24.3 Å². The van der Waals surface area contributed by atoms with Crippen molar-refractivity contribution in [3.63, 3.8) is 0 Å². The van der Waals surface area contributed by atoms with Crippen LogP contribution in [0.25, 0.3) is 10.9 Å². The van der Waals surface area contributed by atoms with Crippen LogP contribution in [0.5, 0.6) is 0 Å². The molecule has 3 N–H and O–H groups in total. The highest BCUT2D eigenvalue weighted by atomic mass is 16.5. The molecule has 0 saturated heterocycles. The van der Waals surface area contributed by atoms with Crippen LogP contribution >= 0.6 is 0 Å². The number of H-pyrrole nitrogens is 1. The van der Waals surface area contributed by atoms with Crippen LogP contribution in [0.2, 0.25) is 0 Å². The molecule has 0 fully saturated rings. The second-order valence-electron chi connectivity index (χ2n) is 4.77. The number of ether oxygens (including phenoxy) is 1. The first kappa shape index (κ1) is 14.3. The second kappa shape index (κ2) is 5.92. The normalized spacial score (nSPS) is 12.6. The smallest absolute Gasteiger partial charge is 0.275 e. The van der Waals surface area contributed by atoms with Crippen molar-refractivity contribution in [1.82, 2.24) is 15.1 Å². The zero-order valence-corrected chi connectivity index (χ0v) is 12.0. The molecule has 0 spiro atoms. The molecule has 6 nitrogen and oxygen atoms in total. The predicted octanol–water partition coefficient (Wildman–Crippen LogP) is 1.64. The monoisotopic (exact) mass is 276 g/mol. The highest BCUT2D eigenvalue weighted by Crippen LogP contribution is 2.20. The van der Waals surface area contributed by atoms with Crippen LogP contribution < -0.4 is 5.73 Å². The first-order valence-electron chi connectivity index (χ1n) is 6.62. The summed E-state index contributed by atoms with van der Waals surface area (Å²) in [7, 11) is 1.62. The third kappa shape index (κ3) is 2.60. The molecule has 1 heterocycles. The van der Waals surface area contributed by atoms with Crippen LogP contribution in [0.4, 0.5) is 5.69 Å². The fourth-order valence-corrected chi connectivity index (χ4v) is 2.32. The molecule has 6 heteroatoms. The van der Waals surface area contributed by atoms with Gasteiger partial charge in [0, 0.05) is 24.7 Å². The first-order chi connectivity index (χ1) is 9.58. The van der Waals surface area contributed by atoms with Gasteiger partial charge in [-0.2, -0.15) is 5.10 Å². The minimum atomic E-state index is -0.117. The average Bonchev–Trinajstić information content (AvgIpc) is 2.82. The van der Waals surface area contributed by atoms with Gasteiger partial charge in [-0.3, -0.25) is 9.89 Å². The molecule has 1 unspecified atom stereocenters. The Hall–Kier alpha value is -2.08. The predicted molar refractivity (Wildman–Crippen MR) is 78.6 cm³/mol. The van der Waals surface area contributed by atoms with E-state index >= 15 is 0 Å². The summed E-state index contributed by atoms with van der Waals surface area (Å²) < 4.78 is 5.12. The Kier molecular flexibility index (Phi) is 4.24. The molecule has 0 aliphatic rings. The average molecular weight is 276 g/mol. The van der Waals surface area contributed by atoms with Crippen LogP contribution in [-0.2, 0) is 4.74 Å². The van der Waals surface area contributed by atoms with Gasteiger partial charge in [0.15, 0.2) is 5.69 Å². The van der Waals surface area contributed by atoms with Crippen molar-refractivity contribution < 1.29 is 9.53 Å². The van der Waals surface area contributed by atoms with E-state index in [4.69, 9.17) is 10.5 Å². The Morgan fingerprint density at radius 3 is 2.95 bits per heavy atom. The van der Waals surface area contributed by atoms with Crippen molar-refractivity contribution in [2.24, 2.45) is 0 Å². The number of methoxy groups -OCH3 is 1. The zero-order chi connectivity index (χ0) is 14.7. The molecule has 0 aliphatic carbocycles. The van der Waals surface area contributed by atoms with E-state index in [0.717, 1.165) is 10.9 Å². The molecule has 1 amide bonds. The lowest BCUT2D eigenvalue weighted by atomic mass is 10.1. The SMILES string of the molecule is CCN(C(=O)c1n[nH]c2ccc(N)cc12)C(C)COC. The van der Waals surface area contributed by atoms with Gasteiger partial charge in [0.25, 0.3) is 5.91 Å². The van der Waals surface area contributed by atoms with Gasteiger partial charge in [-0.1, -0.05) is 0 Å². The van der Waals surface area contributed by atoms with Gasteiger partial charge in [-0.05, 0) is 32.0 Å². The third-order valence-corrected chi connectivity index (χ3v) is 3.33. The van der Waals surface area contributed by atoms with Gasteiger partial charge in [-0.15, -0.1) is 0 Å². The Balaban J connectivity index is 2.36. The second-order valence-corrected chi connectivity index (χ2v) is 4.77. The van der Waals surface area contributed by atoms with Crippen LogP contribution in [-0.4, -0.2) is 47.3 Å². The number of likely N-dealkylation sites (N-methyl/N-ethyl adjacent to an activating group) is 1. The van der Waals surface area contributed by atoms with E-state index in [1.165, 1.54) is 0 Å². The number of aromatic nitrogens is 2. The number of rotatable bonds is 5. The Morgan fingerprint density at radius 2 is 2.30 bits per heavy atom. The number of aromatic amines is 1. The number of anilines is 1. The number of carbonyl (C=O) groups is 1. The number of nitrogens with zero attached hydrogens (tertiary/aromatic N) is 2. The lowest BCUT2D eigenvalue weighted by Gasteiger charge is -2.26. The van der Waals surface area contributed by atoms with E-state index in [1.807, 2.05) is 19.9 Å². The molecule has 0 aliphatic heterocycles. The zero-order valence-electron chi connectivity index (χ0n) is 12.0. The van der Waals surface area contributed by atoms with Gasteiger partial charge in [0.05, 0.1) is 18.2 Å². The topological polar surface area (TPSA) is 84.2 Å². The number of nitrogen functional groups attached to an aromatic ring is 1. The molecule has 1 atom stereocenters. The minimum absolute atomic E-state index is 0.00897. The Bertz CT molecular complexity index is 608. The summed E-state index contributed by atoms with van der Waals surface area (Å²) in [6.07, 6.45) is 0. The largest absolute Gasteiger partial charge is 0.399 e. The Labute approximate surface area is 117 Å². The summed E-state index contributed by atoms with van der Waals surface area (Å²) in [5, 5.41) is 7.75. The molecular weight excluding hydrogens is 256 g/mol. The van der Waals surface area contributed by atoms with Gasteiger partial charge < -0.3 is 15.4 Å². The van der Waals surface area contributed by atoms with Crippen LogP contribution in [0, 0.1) is 0 Å². The molecule has 1 aromatic carbocycles. The molecule has 20 heavy (non-hydrogen) atoms. The summed E-state index contributed by atoms with van der Waals surface area (Å²) >= 11 is 0. The van der Waals surface area contributed by atoms with Crippen molar-refractivity contribution in [3.8, 4) is 0 Å². The number of fused-ring (bicyclic) bond motifs is 1. The quantitative estimate of drug-likeness (QED) is 0.813. The van der Waals surface area contributed by atoms with Crippen LogP contribution in [0.15, 0.2) is 18.2 Å². The highest BCUT2D eigenvalue weighted by Gasteiger charge is 2.23. The van der Waals surface area contributed by atoms with E-state index in [2.05, 4.69) is 10.2 Å². The van der Waals surface area contributed by atoms with E-state index in [9.17, 15) is 4.79 Å². The third-order valence-electron chi connectivity index (χ3n) is 3.33. The van der Waals surface area contributed by atoms with Gasteiger partial charge in [0.1, 0.15) is 0 Å². The maximum atomic E-state index is 12.6. The maximum absolute atomic E-state index is 12.6. The number of amides is 1. The number of hydrogen-bond acceptors (Lipinski definition) is 4. The Morgan fingerprint density at radius 1 is 1.55 bits per heavy atom. The van der Waals surface area contributed by atoms with Gasteiger partial charge in [-0.25, -0.2) is 0 Å². The first-order valence-corrected chi connectivity index (χ1v) is 6.62. The van der Waals surface area contributed by atoms with Crippen molar-refractivity contribution in [2.45, 2.75) is 19.9 Å². The summed E-state index contributed by atoms with van der Waals surface area (Å²) in [6, 6.07) is 5.36. The van der Waals surface area contributed by atoms with Gasteiger partial charge >= 0.3 is 0 Å². The maximum Gasteiger partial charge on any atom is 0.275 e. The highest BCUT2D eigenvalue weighted by molar-refractivity contribution is 6.05. The lowest BCUT2D eigenvalue weighted by Crippen LogP contribution is -2.41. The van der Waals surface area contributed by atoms with E-state index in [1.54, 1.807) is 24.1 Å². The van der Waals surface area contributed by atoms with Gasteiger partial charge in [0.2, 0.25) is 0 Å². The molecule has 2 aromatic rings. The van der Waals surface area contributed by atoms with E-state index < -0.39 is 0 Å². The number of hydrogen-bond donors (Lipinski definition) is 2. The summed E-state index contributed by atoms with van der Waals surface area (Å²) in [5.41, 5.74) is 7.60. The summed E-state index contributed by atoms with van der Waals surface area (Å²) in [5.74, 6) is -0.117. The number of carbonyl (C=O) groups excluding carboxylic acids is 1. The van der Waals surface area contributed by atoms with E-state index in [0.29, 0.717) is 24.5 Å². The molecular formula is C14H20N4O2. The standard InChI is InChI=1S/C14H20N4O2/c1-4-18(9(2)8-20-3)14(19)13-11-7-10(15)5-6-12(11)16-17-13/h5-7,9H,4,8,15H2,1-3H3,(H,16,17). The molecule has 0 saturated carbocycles. The molecule has 2 rings (SSSR count). The molecule has 1 aromatic heterocycles. The van der Waals surface area contributed by atoms with E-state index in [-0.39, 0.29) is 11.9 Å². The number of nitrogens with two attached hydrogens (primary N) is 1. The number of nitrogens with one attached hydrogen (secondary N) is 1. The minimum Gasteiger partial charge on any atom is -0.399 e.